The lowest BCUT2D eigenvalue weighted by Gasteiger charge is -2.14. The largest absolute Gasteiger partial charge is 0.390 e. The molecule has 0 unspecified atom stereocenters. The summed E-state index contributed by atoms with van der Waals surface area (Å²) in [5.74, 6) is 0. The predicted molar refractivity (Wildman–Crippen MR) is 79.4 cm³/mol. The molecule has 0 amide bonds. The van der Waals surface area contributed by atoms with Gasteiger partial charge < -0.3 is 9.67 Å². The van der Waals surface area contributed by atoms with E-state index in [9.17, 15) is 13.5 Å². The number of aliphatic hydroxyl groups excluding tert-OH is 1. The van der Waals surface area contributed by atoms with Gasteiger partial charge in [-0.05, 0) is 18.9 Å². The van der Waals surface area contributed by atoms with Crippen LogP contribution in [0.1, 0.15) is 30.3 Å². The number of hydrogen-bond acceptors (Lipinski definition) is 5. The third-order valence-electron chi connectivity index (χ3n) is 3.59. The predicted octanol–water partition coefficient (Wildman–Crippen LogP) is 1.59. The summed E-state index contributed by atoms with van der Waals surface area (Å²) in [7, 11) is -2.02. The summed E-state index contributed by atoms with van der Waals surface area (Å²) >= 11 is 1.44. The van der Waals surface area contributed by atoms with Gasteiger partial charge in [-0.3, -0.25) is 0 Å². The first-order chi connectivity index (χ1) is 10.0. The van der Waals surface area contributed by atoms with E-state index in [1.54, 1.807) is 24.8 Å². The first-order valence-corrected chi connectivity index (χ1v) is 9.05. The molecule has 1 saturated carbocycles. The van der Waals surface area contributed by atoms with Crippen molar-refractivity contribution < 1.29 is 13.5 Å². The molecule has 2 aromatic rings. The van der Waals surface area contributed by atoms with Crippen LogP contribution in [0.2, 0.25) is 0 Å². The van der Waals surface area contributed by atoms with Crippen LogP contribution < -0.4 is 0 Å². The Morgan fingerprint density at radius 1 is 1.52 bits per heavy atom. The van der Waals surface area contributed by atoms with Gasteiger partial charge in [-0.2, -0.15) is 4.31 Å². The van der Waals surface area contributed by atoms with Crippen molar-refractivity contribution in [3.8, 4) is 0 Å². The molecule has 114 valence electrons. The Bertz CT molecular complexity index is 718. The molecule has 0 saturated heterocycles. The molecule has 1 aliphatic rings. The first-order valence-electron chi connectivity index (χ1n) is 6.67. The second kappa shape index (κ2) is 5.53. The van der Waals surface area contributed by atoms with E-state index in [1.165, 1.54) is 15.6 Å². The standard InChI is InChI=1S/C13H17N3O3S2/c1-15(5-10-8-20-9-14-10)21(18,19)13-4-12(7-17)16(6-13)11-2-3-11/h4,6,8-9,11,17H,2-3,5,7H2,1H3. The average molecular weight is 327 g/mol. The molecule has 6 nitrogen and oxygen atoms in total. The van der Waals surface area contributed by atoms with Crippen LogP contribution in [0.3, 0.4) is 0 Å². The Kier molecular flexibility index (Phi) is 3.87. The highest BCUT2D eigenvalue weighted by Gasteiger charge is 2.29. The van der Waals surface area contributed by atoms with Gasteiger partial charge in [0.15, 0.2) is 0 Å². The number of hydrogen-bond donors (Lipinski definition) is 1. The Labute approximate surface area is 127 Å². The van der Waals surface area contributed by atoms with Crippen molar-refractivity contribution in [3.05, 3.63) is 34.5 Å². The van der Waals surface area contributed by atoms with E-state index in [-0.39, 0.29) is 18.0 Å². The number of sulfonamides is 1. The van der Waals surface area contributed by atoms with E-state index in [0.29, 0.717) is 11.7 Å². The lowest BCUT2D eigenvalue weighted by atomic mass is 10.4. The zero-order chi connectivity index (χ0) is 15.0. The van der Waals surface area contributed by atoms with Crippen molar-refractivity contribution in [3.63, 3.8) is 0 Å². The molecule has 0 radical (unpaired) electrons. The maximum Gasteiger partial charge on any atom is 0.244 e. The fraction of sp³-hybridized carbons (Fsp3) is 0.462. The van der Waals surface area contributed by atoms with E-state index < -0.39 is 10.0 Å². The van der Waals surface area contributed by atoms with E-state index >= 15 is 0 Å². The summed E-state index contributed by atoms with van der Waals surface area (Å²) in [6.07, 6.45) is 3.71. The SMILES string of the molecule is CN(Cc1cscn1)S(=O)(=O)c1cc(CO)n(C2CC2)c1. The second-order valence-electron chi connectivity index (χ2n) is 5.20. The molecule has 21 heavy (non-hydrogen) atoms. The van der Waals surface area contributed by atoms with E-state index in [2.05, 4.69) is 4.98 Å². The maximum atomic E-state index is 12.6. The molecule has 0 bridgehead atoms. The van der Waals surface area contributed by atoms with Gasteiger partial charge >= 0.3 is 0 Å². The van der Waals surface area contributed by atoms with Gasteiger partial charge in [0.1, 0.15) is 4.90 Å². The zero-order valence-corrected chi connectivity index (χ0v) is 13.3. The van der Waals surface area contributed by atoms with Crippen molar-refractivity contribution >= 4 is 21.4 Å². The number of nitrogens with zero attached hydrogens (tertiary/aromatic N) is 3. The summed E-state index contributed by atoms with van der Waals surface area (Å²) in [6, 6.07) is 1.89. The van der Waals surface area contributed by atoms with Gasteiger partial charge in [0, 0.05) is 30.4 Å². The second-order valence-corrected chi connectivity index (χ2v) is 7.97. The average Bonchev–Trinajstić information content (AvgIpc) is 3.00. The minimum Gasteiger partial charge on any atom is -0.390 e. The lowest BCUT2D eigenvalue weighted by Crippen LogP contribution is -2.26. The fourth-order valence-electron chi connectivity index (χ4n) is 2.27. The molecule has 0 atom stereocenters. The molecule has 2 heterocycles. The minimum atomic E-state index is -3.57. The van der Waals surface area contributed by atoms with E-state index in [4.69, 9.17) is 0 Å². The van der Waals surface area contributed by atoms with Crippen molar-refractivity contribution in [2.24, 2.45) is 0 Å². The van der Waals surface area contributed by atoms with Gasteiger partial charge in [0.05, 0.1) is 24.4 Å². The van der Waals surface area contributed by atoms with Gasteiger partial charge in [-0.1, -0.05) is 0 Å². The summed E-state index contributed by atoms with van der Waals surface area (Å²) in [5.41, 5.74) is 3.07. The molecule has 0 aromatic carbocycles. The van der Waals surface area contributed by atoms with Crippen molar-refractivity contribution in [2.75, 3.05) is 7.05 Å². The molecular formula is C13H17N3O3S2. The van der Waals surface area contributed by atoms with Crippen LogP contribution >= 0.6 is 11.3 Å². The van der Waals surface area contributed by atoms with Crippen molar-refractivity contribution in [1.82, 2.24) is 13.9 Å². The van der Waals surface area contributed by atoms with Gasteiger partial charge in [-0.15, -0.1) is 11.3 Å². The quantitative estimate of drug-likeness (QED) is 0.874. The minimum absolute atomic E-state index is 0.151. The van der Waals surface area contributed by atoms with Crippen LogP contribution in [-0.2, 0) is 23.2 Å². The molecule has 1 N–H and O–H groups in total. The van der Waals surface area contributed by atoms with Crippen LogP contribution in [0.15, 0.2) is 28.0 Å². The normalized spacial score (nSPS) is 15.8. The highest BCUT2D eigenvalue weighted by Crippen LogP contribution is 2.37. The van der Waals surface area contributed by atoms with Crippen molar-refractivity contribution in [2.45, 2.75) is 36.9 Å². The number of aromatic nitrogens is 2. The lowest BCUT2D eigenvalue weighted by molar-refractivity contribution is 0.270. The molecule has 3 rings (SSSR count). The summed E-state index contributed by atoms with van der Waals surface area (Å²) in [6.45, 7) is 0.0940. The Hall–Kier alpha value is -1.22. The molecular weight excluding hydrogens is 310 g/mol. The van der Waals surface area contributed by atoms with Crippen LogP contribution in [-0.4, -0.2) is 34.4 Å². The maximum absolute atomic E-state index is 12.6. The summed E-state index contributed by atoms with van der Waals surface area (Å²) in [4.78, 5) is 4.34. The van der Waals surface area contributed by atoms with Crippen LogP contribution in [0.4, 0.5) is 0 Å². The third-order valence-corrected chi connectivity index (χ3v) is 5.99. The van der Waals surface area contributed by atoms with Crippen molar-refractivity contribution in [1.29, 1.82) is 0 Å². The summed E-state index contributed by atoms with van der Waals surface area (Å²) in [5, 5.41) is 11.2. The smallest absolute Gasteiger partial charge is 0.244 e. The first kappa shape index (κ1) is 14.7. The fourth-order valence-corrected chi connectivity index (χ4v) is 4.01. The number of thiazole rings is 1. The van der Waals surface area contributed by atoms with E-state index in [1.807, 2.05) is 9.95 Å². The Balaban J connectivity index is 1.87. The highest BCUT2D eigenvalue weighted by molar-refractivity contribution is 7.89. The summed E-state index contributed by atoms with van der Waals surface area (Å²) < 4.78 is 28.3. The Morgan fingerprint density at radius 3 is 2.86 bits per heavy atom. The number of aliphatic hydroxyl groups is 1. The molecule has 8 heteroatoms. The van der Waals surface area contributed by atoms with E-state index in [0.717, 1.165) is 18.5 Å². The molecule has 0 spiro atoms. The van der Waals surface area contributed by atoms with Gasteiger partial charge in [0.2, 0.25) is 10.0 Å². The monoisotopic (exact) mass is 327 g/mol. The molecule has 1 aliphatic carbocycles. The molecule has 1 fully saturated rings. The van der Waals surface area contributed by atoms with Crippen LogP contribution in [0, 0.1) is 0 Å². The highest BCUT2D eigenvalue weighted by atomic mass is 32.2. The number of rotatable bonds is 6. The molecule has 2 aromatic heterocycles. The van der Waals surface area contributed by atoms with Crippen LogP contribution in [0.25, 0.3) is 0 Å². The topological polar surface area (TPSA) is 75.4 Å². The third kappa shape index (κ3) is 2.89. The zero-order valence-electron chi connectivity index (χ0n) is 11.6. The van der Waals surface area contributed by atoms with Crippen LogP contribution in [0.5, 0.6) is 0 Å². The Morgan fingerprint density at radius 2 is 2.29 bits per heavy atom. The molecule has 0 aliphatic heterocycles. The van der Waals surface area contributed by atoms with Gasteiger partial charge in [0.25, 0.3) is 0 Å². The van der Waals surface area contributed by atoms with Gasteiger partial charge in [-0.25, -0.2) is 13.4 Å².